The fourth-order valence-corrected chi connectivity index (χ4v) is 7.12. The van der Waals surface area contributed by atoms with Crippen LogP contribution in [0.4, 0.5) is 0 Å². The predicted octanol–water partition coefficient (Wildman–Crippen LogP) is 2.17. The van der Waals surface area contributed by atoms with E-state index in [4.69, 9.17) is 11.6 Å². The lowest BCUT2D eigenvalue weighted by Gasteiger charge is -2.22. The molecule has 0 bridgehead atoms. The topological polar surface area (TPSA) is 66.8 Å². The highest BCUT2D eigenvalue weighted by Crippen LogP contribution is 2.38. The molecule has 2 heterocycles. The molecule has 0 spiro atoms. The van der Waals surface area contributed by atoms with E-state index in [1.54, 1.807) is 18.2 Å². The molecule has 2 fully saturated rings. The Bertz CT molecular complexity index is 807. The molecule has 3 rings (SSSR count). The number of amides is 1. The van der Waals surface area contributed by atoms with Gasteiger partial charge in [-0.2, -0.15) is 4.99 Å². The third kappa shape index (κ3) is 3.68. The summed E-state index contributed by atoms with van der Waals surface area (Å²) in [6.45, 7) is 4.18. The van der Waals surface area contributed by atoms with Crippen LogP contribution in [0.1, 0.15) is 5.56 Å². The first-order valence-corrected chi connectivity index (χ1v) is 10.6. The van der Waals surface area contributed by atoms with Crippen LogP contribution in [0.5, 0.6) is 0 Å². The van der Waals surface area contributed by atoms with Gasteiger partial charge in [0.25, 0.3) is 5.91 Å². The molecular formula is C16H17ClN2O3S2. The van der Waals surface area contributed by atoms with Gasteiger partial charge in [0.05, 0.1) is 24.0 Å². The summed E-state index contributed by atoms with van der Waals surface area (Å²) >= 11 is 7.45. The SMILES string of the molecule is C=CCN1C(=NC(=O)Cc2ccccc2Cl)S[C@H]2CS(=O)(=O)C[C@@H]21. The number of rotatable bonds is 4. The zero-order valence-electron chi connectivity index (χ0n) is 12.9. The zero-order chi connectivity index (χ0) is 17.3. The summed E-state index contributed by atoms with van der Waals surface area (Å²) < 4.78 is 23.6. The third-order valence-electron chi connectivity index (χ3n) is 4.02. The number of benzene rings is 1. The van der Waals surface area contributed by atoms with E-state index < -0.39 is 9.84 Å². The molecule has 2 aliphatic heterocycles. The van der Waals surface area contributed by atoms with Gasteiger partial charge < -0.3 is 4.90 Å². The van der Waals surface area contributed by atoms with Crippen molar-refractivity contribution in [1.82, 2.24) is 4.90 Å². The Labute approximate surface area is 150 Å². The number of fused-ring (bicyclic) bond motifs is 1. The number of halogens is 1. The minimum atomic E-state index is -3.02. The maximum atomic E-state index is 12.3. The van der Waals surface area contributed by atoms with E-state index in [2.05, 4.69) is 11.6 Å². The van der Waals surface area contributed by atoms with Gasteiger partial charge in [-0.25, -0.2) is 8.42 Å². The van der Waals surface area contributed by atoms with Crippen LogP contribution in [-0.4, -0.2) is 53.7 Å². The number of nitrogens with zero attached hydrogens (tertiary/aromatic N) is 2. The second kappa shape index (κ2) is 6.90. The zero-order valence-corrected chi connectivity index (χ0v) is 15.3. The lowest BCUT2D eigenvalue weighted by molar-refractivity contribution is -0.117. The van der Waals surface area contributed by atoms with Crippen LogP contribution >= 0.6 is 23.4 Å². The molecule has 24 heavy (non-hydrogen) atoms. The summed E-state index contributed by atoms with van der Waals surface area (Å²) in [7, 11) is -3.02. The first-order valence-electron chi connectivity index (χ1n) is 7.49. The largest absolute Gasteiger partial charge is 0.342 e. The number of sulfone groups is 1. The number of carbonyl (C=O) groups excluding carboxylic acids is 1. The summed E-state index contributed by atoms with van der Waals surface area (Å²) in [6.07, 6.45) is 1.82. The van der Waals surface area contributed by atoms with Gasteiger partial charge in [0.2, 0.25) is 0 Å². The van der Waals surface area contributed by atoms with Gasteiger partial charge in [-0.15, -0.1) is 6.58 Å². The van der Waals surface area contributed by atoms with Crippen LogP contribution in [0, 0.1) is 0 Å². The molecule has 2 aliphatic rings. The van der Waals surface area contributed by atoms with Crippen molar-refractivity contribution in [3.8, 4) is 0 Å². The molecule has 0 N–H and O–H groups in total. The van der Waals surface area contributed by atoms with Crippen LogP contribution < -0.4 is 0 Å². The molecule has 0 aliphatic carbocycles. The molecule has 8 heteroatoms. The number of hydrogen-bond donors (Lipinski definition) is 0. The minimum absolute atomic E-state index is 0.0678. The van der Waals surface area contributed by atoms with E-state index in [0.29, 0.717) is 16.7 Å². The molecule has 0 unspecified atom stereocenters. The molecule has 2 atom stereocenters. The Morgan fingerprint density at radius 2 is 2.17 bits per heavy atom. The van der Waals surface area contributed by atoms with Crippen molar-refractivity contribution in [3.63, 3.8) is 0 Å². The molecule has 1 aromatic rings. The van der Waals surface area contributed by atoms with E-state index in [1.165, 1.54) is 11.8 Å². The quantitative estimate of drug-likeness (QED) is 0.744. The van der Waals surface area contributed by atoms with Crippen molar-refractivity contribution in [3.05, 3.63) is 47.5 Å². The highest BCUT2D eigenvalue weighted by Gasteiger charge is 2.48. The van der Waals surface area contributed by atoms with Gasteiger partial charge in [-0.1, -0.05) is 47.6 Å². The Morgan fingerprint density at radius 3 is 2.88 bits per heavy atom. The maximum Gasteiger partial charge on any atom is 0.252 e. The predicted molar refractivity (Wildman–Crippen MR) is 98.3 cm³/mol. The van der Waals surface area contributed by atoms with Crippen molar-refractivity contribution in [1.29, 1.82) is 0 Å². The first-order chi connectivity index (χ1) is 11.4. The molecule has 2 saturated heterocycles. The summed E-state index contributed by atoms with van der Waals surface area (Å²) in [5.74, 6) is -0.0493. The Hall–Kier alpha value is -1.31. The van der Waals surface area contributed by atoms with Gasteiger partial charge >= 0.3 is 0 Å². The second-order valence-electron chi connectivity index (χ2n) is 5.80. The molecule has 0 saturated carbocycles. The van der Waals surface area contributed by atoms with E-state index >= 15 is 0 Å². The molecule has 0 radical (unpaired) electrons. The van der Waals surface area contributed by atoms with Gasteiger partial charge in [-0.05, 0) is 11.6 Å². The minimum Gasteiger partial charge on any atom is -0.342 e. The van der Waals surface area contributed by atoms with Gasteiger partial charge in [0.15, 0.2) is 15.0 Å². The molecular weight excluding hydrogens is 368 g/mol. The van der Waals surface area contributed by atoms with Crippen LogP contribution in [0.2, 0.25) is 5.02 Å². The maximum absolute atomic E-state index is 12.3. The summed E-state index contributed by atoms with van der Waals surface area (Å²) in [4.78, 5) is 18.4. The number of thioether (sulfide) groups is 1. The second-order valence-corrected chi connectivity index (χ2v) is 9.57. The monoisotopic (exact) mass is 384 g/mol. The fourth-order valence-electron chi connectivity index (χ4n) is 2.94. The number of amidine groups is 1. The molecule has 1 amide bonds. The van der Waals surface area contributed by atoms with E-state index in [-0.39, 0.29) is 35.1 Å². The average Bonchev–Trinajstić information content (AvgIpc) is 2.95. The van der Waals surface area contributed by atoms with Crippen molar-refractivity contribution in [2.24, 2.45) is 4.99 Å². The van der Waals surface area contributed by atoms with Crippen molar-refractivity contribution < 1.29 is 13.2 Å². The summed E-state index contributed by atoms with van der Waals surface area (Å²) in [6, 6.07) is 7.03. The van der Waals surface area contributed by atoms with Crippen LogP contribution in [0.25, 0.3) is 0 Å². The standard InChI is InChI=1S/C16H17ClN2O3S2/c1-2-7-19-13-9-24(21,22)10-14(13)23-16(19)18-15(20)8-11-5-3-4-6-12(11)17/h2-6,13-14H,1,7-10H2/t13-,14-/m0/s1. The van der Waals surface area contributed by atoms with Crippen molar-refractivity contribution in [2.75, 3.05) is 18.1 Å². The van der Waals surface area contributed by atoms with E-state index in [1.807, 2.05) is 17.0 Å². The highest BCUT2D eigenvalue weighted by molar-refractivity contribution is 8.15. The number of carbonyl (C=O) groups is 1. The summed E-state index contributed by atoms with van der Waals surface area (Å²) in [5.41, 5.74) is 0.731. The highest BCUT2D eigenvalue weighted by atomic mass is 35.5. The van der Waals surface area contributed by atoms with Crippen molar-refractivity contribution >= 4 is 44.3 Å². The van der Waals surface area contributed by atoms with Crippen LogP contribution in [0.3, 0.4) is 0 Å². The number of aliphatic imine (C=N–C) groups is 1. The van der Waals surface area contributed by atoms with Gasteiger partial charge in [-0.3, -0.25) is 4.79 Å². The smallest absolute Gasteiger partial charge is 0.252 e. The lowest BCUT2D eigenvalue weighted by Crippen LogP contribution is -2.37. The molecule has 1 aromatic carbocycles. The lowest BCUT2D eigenvalue weighted by atomic mass is 10.1. The Balaban J connectivity index is 1.78. The van der Waals surface area contributed by atoms with E-state index in [9.17, 15) is 13.2 Å². The number of hydrogen-bond acceptors (Lipinski definition) is 4. The van der Waals surface area contributed by atoms with Gasteiger partial charge in [0.1, 0.15) is 0 Å². The Morgan fingerprint density at radius 1 is 1.42 bits per heavy atom. The summed E-state index contributed by atoms with van der Waals surface area (Å²) in [5, 5.41) is 1.05. The Kier molecular flexibility index (Phi) is 5.03. The molecule has 0 aromatic heterocycles. The molecule has 5 nitrogen and oxygen atoms in total. The van der Waals surface area contributed by atoms with E-state index in [0.717, 1.165) is 5.56 Å². The third-order valence-corrected chi connectivity index (χ3v) is 7.64. The van der Waals surface area contributed by atoms with Crippen molar-refractivity contribution in [2.45, 2.75) is 17.7 Å². The average molecular weight is 385 g/mol. The van der Waals surface area contributed by atoms with Crippen LogP contribution in [-0.2, 0) is 21.1 Å². The van der Waals surface area contributed by atoms with Gasteiger partial charge in [0, 0.05) is 16.8 Å². The molecule has 128 valence electrons. The normalized spacial score (nSPS) is 26.5. The van der Waals surface area contributed by atoms with Crippen LogP contribution in [0.15, 0.2) is 41.9 Å². The first kappa shape index (κ1) is 17.5. The fraction of sp³-hybridized carbons (Fsp3) is 0.375.